The smallest absolute Gasteiger partial charge is 0.320 e. The van der Waals surface area contributed by atoms with E-state index < -0.39 is 111 Å². The lowest BCUT2D eigenvalue weighted by Gasteiger charge is -2.51. The van der Waals surface area contributed by atoms with Crippen LogP contribution in [-0.2, 0) is 38.1 Å². The molecular weight excluding hydrogens is 764 g/mol. The highest BCUT2D eigenvalue weighted by atomic mass is 16.6. The Morgan fingerprint density at radius 2 is 0.508 bits per heavy atom. The number of carbonyl (C=O) groups is 4. The first-order valence-corrected chi connectivity index (χ1v) is 21.2. The fourth-order valence-corrected chi connectivity index (χ4v) is 10.8. The van der Waals surface area contributed by atoms with Crippen LogP contribution < -0.4 is 0 Å². The highest BCUT2D eigenvalue weighted by Crippen LogP contribution is 2.43. The Hall–Kier alpha value is -2.44. The van der Waals surface area contributed by atoms with Crippen LogP contribution in [0.1, 0.15) is 169 Å². The maximum absolute atomic E-state index is 14.5. The molecule has 0 aromatic carbocycles. The highest BCUT2D eigenvalue weighted by Gasteiger charge is 2.53. The minimum Gasteiger partial charge on any atom is -0.462 e. The van der Waals surface area contributed by atoms with Crippen LogP contribution in [0.15, 0.2) is 0 Å². The molecule has 0 atom stereocenters. The van der Waals surface area contributed by atoms with Gasteiger partial charge in [0.15, 0.2) is 11.8 Å². The molecule has 0 aliphatic carbocycles. The summed E-state index contributed by atoms with van der Waals surface area (Å²) < 4.78 is 24.3. The lowest BCUT2D eigenvalue weighted by Crippen LogP contribution is -2.61. The lowest BCUT2D eigenvalue weighted by molar-refractivity contribution is -0.262. The Labute approximate surface area is 351 Å². The third kappa shape index (κ3) is 10.8. The van der Waals surface area contributed by atoms with Gasteiger partial charge in [-0.3, -0.25) is 19.2 Å². The number of nitrogens with zero attached hydrogens (tertiary/aromatic N) is 4. The minimum absolute atomic E-state index is 0.232. The second-order valence-electron chi connectivity index (χ2n) is 23.0. The molecule has 4 aliphatic heterocycles. The summed E-state index contributed by atoms with van der Waals surface area (Å²) >= 11 is 0. The maximum Gasteiger partial charge on any atom is 0.320 e. The molecule has 4 aliphatic rings. The molecule has 0 aromatic heterocycles. The van der Waals surface area contributed by atoms with Crippen molar-refractivity contribution in [3.8, 4) is 0 Å². The summed E-state index contributed by atoms with van der Waals surface area (Å²) in [5.41, 5.74) is -6.40. The van der Waals surface area contributed by atoms with Crippen molar-refractivity contribution in [2.24, 2.45) is 11.8 Å². The van der Waals surface area contributed by atoms with Gasteiger partial charge in [0, 0.05) is 95.7 Å². The van der Waals surface area contributed by atoms with Crippen LogP contribution in [0, 0.1) is 11.8 Å². The van der Waals surface area contributed by atoms with Crippen molar-refractivity contribution in [3.05, 3.63) is 0 Å². The summed E-state index contributed by atoms with van der Waals surface area (Å²) in [6, 6.07) is 0. The van der Waals surface area contributed by atoms with Crippen LogP contribution in [0.5, 0.6) is 0 Å². The van der Waals surface area contributed by atoms with Crippen molar-refractivity contribution in [1.82, 2.24) is 20.3 Å². The van der Waals surface area contributed by atoms with Crippen LogP contribution in [-0.4, -0.2) is 134 Å². The summed E-state index contributed by atoms with van der Waals surface area (Å²) in [6.45, 7) is 29.0. The van der Waals surface area contributed by atoms with Gasteiger partial charge in [-0.05, 0) is 117 Å². The van der Waals surface area contributed by atoms with Gasteiger partial charge in [-0.25, -0.2) is 0 Å². The second-order valence-corrected chi connectivity index (χ2v) is 23.0. The number of rotatable bonds is 10. The van der Waals surface area contributed by atoms with Crippen molar-refractivity contribution in [2.75, 3.05) is 0 Å². The molecule has 0 bridgehead atoms. The molecule has 4 heterocycles. The predicted molar refractivity (Wildman–Crippen MR) is 215 cm³/mol. The van der Waals surface area contributed by atoms with E-state index in [9.17, 15) is 40.0 Å². The molecule has 0 unspecified atom stereocenters. The van der Waals surface area contributed by atoms with E-state index in [4.69, 9.17) is 18.9 Å². The van der Waals surface area contributed by atoms with Crippen LogP contribution in [0.25, 0.3) is 0 Å². The van der Waals surface area contributed by atoms with Gasteiger partial charge >= 0.3 is 23.9 Å². The topological polar surface area (TPSA) is 199 Å². The molecule has 0 saturated carbocycles. The zero-order valence-corrected chi connectivity index (χ0v) is 38.7. The first-order chi connectivity index (χ1) is 26.4. The molecule has 340 valence electrons. The summed E-state index contributed by atoms with van der Waals surface area (Å²) in [5, 5.41) is 48.7. The van der Waals surface area contributed by atoms with Crippen molar-refractivity contribution in [1.29, 1.82) is 0 Å². The Morgan fingerprint density at radius 1 is 0.373 bits per heavy atom. The molecule has 0 radical (unpaired) electrons. The third-order valence-electron chi connectivity index (χ3n) is 13.1. The van der Waals surface area contributed by atoms with Gasteiger partial charge < -0.3 is 39.8 Å². The van der Waals surface area contributed by atoms with Gasteiger partial charge in [0.25, 0.3) is 0 Å². The number of piperidine rings is 4. The van der Waals surface area contributed by atoms with Crippen molar-refractivity contribution < 1.29 is 59.0 Å². The van der Waals surface area contributed by atoms with Gasteiger partial charge in [0.05, 0.1) is 0 Å². The molecule has 4 N–H and O–H groups in total. The fourth-order valence-electron chi connectivity index (χ4n) is 10.8. The average molecular weight is 841 g/mol. The van der Waals surface area contributed by atoms with Crippen molar-refractivity contribution in [2.45, 2.75) is 237 Å². The van der Waals surface area contributed by atoms with Gasteiger partial charge in [-0.1, -0.05) is 0 Å². The molecule has 0 spiro atoms. The number of hydrogen-bond acceptors (Lipinski definition) is 16. The molecule has 59 heavy (non-hydrogen) atoms. The second kappa shape index (κ2) is 16.4. The number of hydroxylamine groups is 8. The van der Waals surface area contributed by atoms with E-state index in [0.29, 0.717) is 0 Å². The van der Waals surface area contributed by atoms with Crippen LogP contribution in [0.3, 0.4) is 0 Å². The number of esters is 4. The standard InChI is InChI=1S/C43H76N4O12/c1-36(2)18-26(19-37(3,4)44(36)52)56-32(48)30(33(49)57-27-20-38(5,6)45(53)39(7,8)21-27)17-31(34(50)58-28-22-40(9,10)46(54)41(11,12)23-28)35(51)59-29-24-42(13,14)47(55)43(15,16)25-29/h26-31,52-55H,17-25H2,1-16H3. The Kier molecular flexibility index (Phi) is 13.6. The first kappa shape index (κ1) is 49.2. The monoisotopic (exact) mass is 841 g/mol. The van der Waals surface area contributed by atoms with Crippen LogP contribution in [0.4, 0.5) is 0 Å². The predicted octanol–water partition coefficient (Wildman–Crippen LogP) is 6.42. The molecular formula is C43H76N4O12. The Balaban J connectivity index is 1.72. The van der Waals surface area contributed by atoms with Gasteiger partial charge in [-0.15, -0.1) is 0 Å². The van der Waals surface area contributed by atoms with E-state index in [-0.39, 0.29) is 51.4 Å². The Morgan fingerprint density at radius 3 is 0.644 bits per heavy atom. The van der Waals surface area contributed by atoms with Gasteiger partial charge in [0.1, 0.15) is 24.4 Å². The largest absolute Gasteiger partial charge is 0.462 e. The summed E-state index contributed by atoms with van der Waals surface area (Å²) in [4.78, 5) is 57.8. The van der Waals surface area contributed by atoms with Crippen LogP contribution >= 0.6 is 0 Å². The van der Waals surface area contributed by atoms with E-state index in [1.165, 1.54) is 20.3 Å². The minimum atomic E-state index is -1.77. The number of hydrogen-bond donors (Lipinski definition) is 4. The summed E-state index contributed by atoms with van der Waals surface area (Å²) in [6.07, 6.45) is -1.77. The Bertz CT molecular complexity index is 1290. The molecule has 0 amide bonds. The van der Waals surface area contributed by atoms with Gasteiger partial charge in [-0.2, -0.15) is 20.3 Å². The highest BCUT2D eigenvalue weighted by molar-refractivity contribution is 5.99. The first-order valence-electron chi connectivity index (χ1n) is 21.2. The SMILES string of the molecule is CC1(C)CC(OC(=O)C(CC(C(=O)OC2CC(C)(C)N(O)C(C)(C)C2)C(=O)OC2CC(C)(C)N(O)C(C)(C)C2)C(=O)OC2CC(C)(C)N(O)C(C)(C)C2)CC(C)(C)N1O. The number of carbonyl (C=O) groups excluding carboxylic acids is 4. The van der Waals surface area contributed by atoms with Crippen LogP contribution in [0.2, 0.25) is 0 Å². The zero-order valence-electron chi connectivity index (χ0n) is 38.7. The number of ether oxygens (including phenoxy) is 4. The average Bonchev–Trinajstić information content (AvgIpc) is 3.02. The third-order valence-corrected chi connectivity index (χ3v) is 13.1. The fraction of sp³-hybridized carbons (Fsp3) is 0.907. The van der Waals surface area contributed by atoms with E-state index in [1.54, 1.807) is 0 Å². The van der Waals surface area contributed by atoms with E-state index in [0.717, 1.165) is 0 Å². The molecule has 4 saturated heterocycles. The normalized spacial score (nSPS) is 27.6. The van der Waals surface area contributed by atoms with Crippen molar-refractivity contribution in [3.63, 3.8) is 0 Å². The molecule has 16 heteroatoms. The van der Waals surface area contributed by atoms with E-state index >= 15 is 0 Å². The quantitative estimate of drug-likeness (QED) is 0.107. The maximum atomic E-state index is 14.5. The van der Waals surface area contributed by atoms with Crippen molar-refractivity contribution >= 4 is 23.9 Å². The summed E-state index contributed by atoms with van der Waals surface area (Å²) in [5.74, 6) is -7.50. The van der Waals surface area contributed by atoms with E-state index in [1.807, 2.05) is 111 Å². The van der Waals surface area contributed by atoms with Gasteiger partial charge in [0.2, 0.25) is 0 Å². The molecule has 4 fully saturated rings. The summed E-state index contributed by atoms with van der Waals surface area (Å²) in [7, 11) is 0. The van der Waals surface area contributed by atoms with E-state index in [2.05, 4.69) is 0 Å². The lowest BCUT2D eigenvalue weighted by atomic mass is 9.80. The zero-order chi connectivity index (χ0) is 45.3. The molecule has 16 nitrogen and oxygen atoms in total. The molecule has 4 rings (SSSR count). The molecule has 0 aromatic rings.